The summed E-state index contributed by atoms with van der Waals surface area (Å²) in [5.74, 6) is -0.540. The number of halogens is 1. The highest BCUT2D eigenvalue weighted by atomic mass is 35.5. The predicted molar refractivity (Wildman–Crippen MR) is 125 cm³/mol. The monoisotopic (exact) mass is 505 g/mol. The van der Waals surface area contributed by atoms with Gasteiger partial charge in [0.15, 0.2) is 0 Å². The minimum absolute atomic E-state index is 0.0179. The van der Waals surface area contributed by atoms with E-state index in [-0.39, 0.29) is 33.2 Å². The Kier molecular flexibility index (Phi) is 6.15. The molecule has 4 aromatic rings. The van der Waals surface area contributed by atoms with Crippen molar-refractivity contribution < 1.29 is 27.1 Å². The first-order chi connectivity index (χ1) is 15.7. The molecule has 0 saturated heterocycles. The number of sulfonamides is 1. The molecular formula is C22H16ClNO7S2. The number of fused-ring (bicyclic) bond motifs is 1. The van der Waals surface area contributed by atoms with Gasteiger partial charge in [0.1, 0.15) is 22.0 Å². The Balaban J connectivity index is 1.96. The summed E-state index contributed by atoms with van der Waals surface area (Å²) in [5.41, 5.74) is 0.388. The van der Waals surface area contributed by atoms with Crippen LogP contribution in [-0.4, -0.2) is 28.5 Å². The third-order valence-electron chi connectivity index (χ3n) is 4.71. The van der Waals surface area contributed by atoms with Crippen LogP contribution in [0.2, 0.25) is 5.02 Å². The van der Waals surface area contributed by atoms with Gasteiger partial charge in [0.25, 0.3) is 15.9 Å². The lowest BCUT2D eigenvalue weighted by Crippen LogP contribution is -2.37. The van der Waals surface area contributed by atoms with Crippen LogP contribution in [0.1, 0.15) is 10.4 Å². The maximum absolute atomic E-state index is 13.9. The number of hydrogen-bond acceptors (Lipinski definition) is 8. The third kappa shape index (κ3) is 4.32. The van der Waals surface area contributed by atoms with E-state index in [2.05, 4.69) is 0 Å². The fourth-order valence-electron chi connectivity index (χ4n) is 3.15. The van der Waals surface area contributed by atoms with Crippen molar-refractivity contribution in [2.24, 2.45) is 0 Å². The molecule has 0 aliphatic carbocycles. The normalized spacial score (nSPS) is 11.4. The Morgan fingerprint density at radius 2 is 1.73 bits per heavy atom. The molecule has 3 aromatic carbocycles. The van der Waals surface area contributed by atoms with E-state index in [1.807, 2.05) is 0 Å². The van der Waals surface area contributed by atoms with Gasteiger partial charge < -0.3 is 13.9 Å². The average molecular weight is 506 g/mol. The summed E-state index contributed by atoms with van der Waals surface area (Å²) in [6.45, 7) is 0. The number of benzene rings is 3. The molecule has 11 heteroatoms. The zero-order valence-electron chi connectivity index (χ0n) is 17.3. The van der Waals surface area contributed by atoms with Crippen molar-refractivity contribution in [1.29, 1.82) is 0 Å². The molecule has 33 heavy (non-hydrogen) atoms. The van der Waals surface area contributed by atoms with Gasteiger partial charge in [-0.1, -0.05) is 22.9 Å². The van der Waals surface area contributed by atoms with Crippen LogP contribution >= 0.6 is 22.9 Å². The quantitative estimate of drug-likeness (QED) is 0.378. The predicted octanol–water partition coefficient (Wildman–Crippen LogP) is 4.56. The molecule has 0 unspecified atom stereocenters. The van der Waals surface area contributed by atoms with Gasteiger partial charge in [-0.3, -0.25) is 4.79 Å². The van der Waals surface area contributed by atoms with Crippen molar-refractivity contribution >= 4 is 54.8 Å². The zero-order valence-corrected chi connectivity index (χ0v) is 19.7. The molecule has 0 radical (unpaired) electrons. The van der Waals surface area contributed by atoms with E-state index in [1.165, 1.54) is 74.9 Å². The van der Waals surface area contributed by atoms with Gasteiger partial charge in [-0.2, -0.15) is 4.31 Å². The van der Waals surface area contributed by atoms with Gasteiger partial charge in [-0.05, 0) is 54.6 Å². The maximum atomic E-state index is 13.9. The Labute approximate surface area is 197 Å². The Morgan fingerprint density at radius 1 is 1.00 bits per heavy atom. The number of amides is 1. The molecule has 0 N–H and O–H groups in total. The molecule has 1 heterocycles. The second-order valence-electron chi connectivity index (χ2n) is 6.68. The summed E-state index contributed by atoms with van der Waals surface area (Å²) in [5, 5.41) is 0.389. The van der Waals surface area contributed by atoms with Gasteiger partial charge in [0, 0.05) is 16.7 Å². The van der Waals surface area contributed by atoms with Crippen LogP contribution in [0.5, 0.6) is 11.5 Å². The molecule has 1 amide bonds. The summed E-state index contributed by atoms with van der Waals surface area (Å²) in [4.78, 5) is 24.3. The topological polar surface area (TPSA) is 103 Å². The highest BCUT2D eigenvalue weighted by Gasteiger charge is 2.35. The number of carbonyl (C=O) groups is 1. The van der Waals surface area contributed by atoms with Gasteiger partial charge >= 0.3 is 4.94 Å². The SMILES string of the molecule is COc1ccc(OC)c(S(=O)(=O)N(C(=O)c2ccc(Cl)cc2)c2ccc3oc(=O)sc3c2)c1. The highest BCUT2D eigenvalue weighted by molar-refractivity contribution is 7.93. The van der Waals surface area contributed by atoms with Crippen LogP contribution in [0.4, 0.5) is 5.69 Å². The van der Waals surface area contributed by atoms with Crippen molar-refractivity contribution in [3.63, 3.8) is 0 Å². The molecule has 4 rings (SSSR count). The van der Waals surface area contributed by atoms with Crippen LogP contribution in [-0.2, 0) is 10.0 Å². The summed E-state index contributed by atoms with van der Waals surface area (Å²) >= 11 is 6.72. The van der Waals surface area contributed by atoms with E-state index in [0.717, 1.165) is 11.3 Å². The molecule has 0 bridgehead atoms. The van der Waals surface area contributed by atoms with E-state index in [0.29, 0.717) is 14.0 Å². The van der Waals surface area contributed by atoms with Gasteiger partial charge in [0.2, 0.25) is 0 Å². The van der Waals surface area contributed by atoms with Crippen molar-refractivity contribution in [3.05, 3.63) is 81.0 Å². The number of nitrogens with zero attached hydrogens (tertiary/aromatic N) is 1. The molecule has 0 aliphatic heterocycles. The Hall–Kier alpha value is -3.34. The zero-order chi connectivity index (χ0) is 23.8. The number of ether oxygens (including phenoxy) is 2. The van der Waals surface area contributed by atoms with Crippen LogP contribution in [0.3, 0.4) is 0 Å². The third-order valence-corrected chi connectivity index (χ3v) is 7.49. The Morgan fingerprint density at radius 3 is 2.39 bits per heavy atom. The smallest absolute Gasteiger partial charge is 0.396 e. The molecule has 170 valence electrons. The van der Waals surface area contributed by atoms with Crippen LogP contribution < -0.4 is 18.7 Å². The first-order valence-corrected chi connectivity index (χ1v) is 12.0. The molecule has 0 saturated carbocycles. The van der Waals surface area contributed by atoms with Crippen molar-refractivity contribution in [1.82, 2.24) is 0 Å². The first kappa shape index (κ1) is 22.8. The standard InChI is InChI=1S/C22H16ClNO7S2/c1-29-16-8-10-18(30-2)20(12-16)33(27,28)24(21(25)13-3-5-14(23)6-4-13)15-7-9-17-19(11-15)32-22(26)31-17/h3-12H,1-2H3. The number of methoxy groups -OCH3 is 2. The lowest BCUT2D eigenvalue weighted by molar-refractivity contribution is 0.101. The average Bonchev–Trinajstić information content (AvgIpc) is 3.18. The van der Waals surface area contributed by atoms with E-state index in [1.54, 1.807) is 0 Å². The van der Waals surface area contributed by atoms with Crippen LogP contribution in [0.15, 0.2) is 74.8 Å². The van der Waals surface area contributed by atoms with E-state index in [4.69, 9.17) is 25.5 Å². The molecule has 0 aliphatic rings. The molecule has 8 nitrogen and oxygen atoms in total. The summed E-state index contributed by atoms with van der Waals surface area (Å²) in [6, 6.07) is 14.3. The van der Waals surface area contributed by atoms with Gasteiger partial charge in [-0.25, -0.2) is 13.2 Å². The second kappa shape index (κ2) is 8.89. The molecule has 0 spiro atoms. The lowest BCUT2D eigenvalue weighted by atomic mass is 10.2. The fourth-order valence-corrected chi connectivity index (χ4v) is 5.56. The first-order valence-electron chi connectivity index (χ1n) is 9.35. The molecule has 0 fully saturated rings. The number of anilines is 1. The lowest BCUT2D eigenvalue weighted by Gasteiger charge is -2.24. The minimum Gasteiger partial charge on any atom is -0.497 e. The molecule has 0 atom stereocenters. The molecular weight excluding hydrogens is 490 g/mol. The van der Waals surface area contributed by atoms with E-state index >= 15 is 0 Å². The summed E-state index contributed by atoms with van der Waals surface area (Å²) < 4.78 is 44.2. The highest BCUT2D eigenvalue weighted by Crippen LogP contribution is 2.35. The fraction of sp³-hybridized carbons (Fsp3) is 0.0909. The van der Waals surface area contributed by atoms with Crippen LogP contribution in [0.25, 0.3) is 10.3 Å². The van der Waals surface area contributed by atoms with Crippen molar-refractivity contribution in [3.8, 4) is 11.5 Å². The minimum atomic E-state index is -4.51. The molecule has 1 aromatic heterocycles. The van der Waals surface area contributed by atoms with E-state index < -0.39 is 20.9 Å². The largest absolute Gasteiger partial charge is 0.497 e. The maximum Gasteiger partial charge on any atom is 0.396 e. The summed E-state index contributed by atoms with van der Waals surface area (Å²) in [7, 11) is -1.79. The number of carbonyl (C=O) groups excluding carboxylic acids is 1. The second-order valence-corrected chi connectivity index (χ2v) is 9.85. The van der Waals surface area contributed by atoms with E-state index in [9.17, 15) is 18.0 Å². The summed E-state index contributed by atoms with van der Waals surface area (Å²) in [6.07, 6.45) is 0. The van der Waals surface area contributed by atoms with Gasteiger partial charge in [-0.15, -0.1) is 0 Å². The van der Waals surface area contributed by atoms with Crippen molar-refractivity contribution in [2.75, 3.05) is 18.5 Å². The van der Waals surface area contributed by atoms with Crippen LogP contribution in [0, 0.1) is 0 Å². The van der Waals surface area contributed by atoms with Gasteiger partial charge in [0.05, 0.1) is 24.6 Å². The number of hydrogen-bond donors (Lipinski definition) is 0. The Bertz CT molecular complexity index is 1510. The number of rotatable bonds is 6. The van der Waals surface area contributed by atoms with Crippen molar-refractivity contribution in [2.45, 2.75) is 4.90 Å².